The summed E-state index contributed by atoms with van der Waals surface area (Å²) in [5.41, 5.74) is 0.244. The van der Waals surface area contributed by atoms with E-state index in [1.165, 1.54) is 0 Å². The molecule has 0 aliphatic heterocycles. The van der Waals surface area contributed by atoms with Crippen LogP contribution in [0.1, 0.15) is 23.9 Å². The molecular weight excluding hydrogens is 276 g/mol. The Labute approximate surface area is 121 Å². The van der Waals surface area contributed by atoms with Gasteiger partial charge in [0, 0.05) is 31.1 Å². The smallest absolute Gasteiger partial charge is 0.274 e. The van der Waals surface area contributed by atoms with Crippen LogP contribution in [-0.4, -0.2) is 34.9 Å². The lowest BCUT2D eigenvalue weighted by Gasteiger charge is -2.05. The third-order valence-corrected chi connectivity index (χ3v) is 3.52. The molecule has 0 saturated carbocycles. The molecule has 20 heavy (non-hydrogen) atoms. The molecule has 2 N–H and O–H groups in total. The molecule has 0 aliphatic rings. The zero-order chi connectivity index (χ0) is 14.2. The van der Waals surface area contributed by atoms with Gasteiger partial charge in [0.15, 0.2) is 0 Å². The van der Waals surface area contributed by atoms with E-state index in [0.29, 0.717) is 37.8 Å². The number of ether oxygens (including phenoxy) is 1. The summed E-state index contributed by atoms with van der Waals surface area (Å²) in [5.74, 6) is 0.404. The molecule has 0 atom stereocenters. The van der Waals surface area contributed by atoms with Crippen LogP contribution in [0.15, 0.2) is 22.3 Å². The second kappa shape index (κ2) is 7.76. The molecule has 0 amide bonds. The maximum Gasteiger partial charge on any atom is 0.274 e. The van der Waals surface area contributed by atoms with Crippen LogP contribution >= 0.6 is 11.3 Å². The molecule has 0 bridgehead atoms. The van der Waals surface area contributed by atoms with Crippen molar-refractivity contribution in [2.75, 3.05) is 25.1 Å². The van der Waals surface area contributed by atoms with Gasteiger partial charge in [0.1, 0.15) is 5.69 Å². The number of thiophene rings is 1. The fraction of sp³-hybridized carbons (Fsp3) is 0.462. The quantitative estimate of drug-likeness (QED) is 0.724. The van der Waals surface area contributed by atoms with Gasteiger partial charge in [0.05, 0.1) is 0 Å². The van der Waals surface area contributed by atoms with Gasteiger partial charge in [-0.25, -0.2) is 0 Å². The van der Waals surface area contributed by atoms with Crippen LogP contribution in [0.25, 0.3) is 0 Å². The Morgan fingerprint density at radius 1 is 1.45 bits per heavy atom. The Hall–Kier alpha value is -1.73. The van der Waals surface area contributed by atoms with Crippen LogP contribution in [-0.2, 0) is 11.2 Å². The van der Waals surface area contributed by atoms with Gasteiger partial charge in [-0.1, -0.05) is 6.07 Å². The first-order valence-electron chi connectivity index (χ1n) is 6.59. The Morgan fingerprint density at radius 3 is 3.05 bits per heavy atom. The predicted octanol–water partition coefficient (Wildman–Crippen LogP) is 1.66. The Bertz CT molecular complexity index is 568. The van der Waals surface area contributed by atoms with E-state index < -0.39 is 0 Å². The third kappa shape index (κ3) is 4.43. The molecule has 0 spiro atoms. The molecule has 0 aliphatic carbocycles. The van der Waals surface area contributed by atoms with Crippen LogP contribution in [0.3, 0.4) is 0 Å². The van der Waals surface area contributed by atoms with Crippen molar-refractivity contribution in [2.24, 2.45) is 0 Å². The summed E-state index contributed by atoms with van der Waals surface area (Å²) < 4.78 is 5.23. The fourth-order valence-corrected chi connectivity index (χ4v) is 2.37. The number of hydrogen-bond donors (Lipinski definition) is 2. The molecule has 6 nitrogen and oxygen atoms in total. The first-order valence-corrected chi connectivity index (χ1v) is 7.47. The average Bonchev–Trinajstić information content (AvgIpc) is 2.94. The van der Waals surface area contributed by atoms with Gasteiger partial charge in [-0.15, -0.1) is 21.5 Å². The number of aromatic nitrogens is 3. The molecule has 0 aromatic carbocycles. The fourth-order valence-electron chi connectivity index (χ4n) is 1.66. The van der Waals surface area contributed by atoms with Crippen LogP contribution < -0.4 is 10.9 Å². The first kappa shape index (κ1) is 14.7. The van der Waals surface area contributed by atoms with Crippen LogP contribution in [0, 0.1) is 0 Å². The number of rotatable bonds is 8. The van der Waals surface area contributed by atoms with Gasteiger partial charge >= 0.3 is 0 Å². The molecular formula is C13H18N4O2S. The Morgan fingerprint density at radius 2 is 2.35 bits per heavy atom. The summed E-state index contributed by atoms with van der Waals surface area (Å²) in [5, 5.41) is 13.0. The summed E-state index contributed by atoms with van der Waals surface area (Å²) in [6.07, 6.45) is 1.37. The van der Waals surface area contributed by atoms with E-state index in [4.69, 9.17) is 4.74 Å². The van der Waals surface area contributed by atoms with Crippen LogP contribution in [0.2, 0.25) is 0 Å². The number of hydrogen-bond acceptors (Lipinski definition) is 6. The van der Waals surface area contributed by atoms with Crippen LogP contribution in [0.5, 0.6) is 0 Å². The lowest BCUT2D eigenvalue weighted by Crippen LogP contribution is -2.20. The lowest BCUT2D eigenvalue weighted by molar-refractivity contribution is 0.147. The maximum absolute atomic E-state index is 11.9. The second-order valence-corrected chi connectivity index (χ2v) is 5.22. The van der Waals surface area contributed by atoms with E-state index in [9.17, 15) is 4.79 Å². The molecule has 0 radical (unpaired) electrons. The van der Waals surface area contributed by atoms with Crippen molar-refractivity contribution in [2.45, 2.75) is 19.8 Å². The second-order valence-electron chi connectivity index (χ2n) is 4.18. The summed E-state index contributed by atoms with van der Waals surface area (Å²) in [6, 6.07) is 3.93. The van der Waals surface area contributed by atoms with Crippen LogP contribution in [0.4, 0.5) is 5.95 Å². The summed E-state index contributed by atoms with van der Waals surface area (Å²) in [7, 11) is 0. The average molecular weight is 294 g/mol. The zero-order valence-corrected chi connectivity index (χ0v) is 12.2. The highest BCUT2D eigenvalue weighted by Gasteiger charge is 2.06. The van der Waals surface area contributed by atoms with Crippen molar-refractivity contribution in [1.82, 2.24) is 15.2 Å². The van der Waals surface area contributed by atoms with Crippen molar-refractivity contribution < 1.29 is 4.74 Å². The van der Waals surface area contributed by atoms with Gasteiger partial charge in [-0.3, -0.25) is 9.78 Å². The minimum Gasteiger partial charge on any atom is -0.382 e. The minimum absolute atomic E-state index is 0.194. The van der Waals surface area contributed by atoms with Crippen molar-refractivity contribution in [3.63, 3.8) is 0 Å². The Kier molecular flexibility index (Phi) is 5.69. The summed E-state index contributed by atoms with van der Waals surface area (Å²) >= 11 is 1.60. The van der Waals surface area contributed by atoms with E-state index in [1.807, 2.05) is 24.4 Å². The van der Waals surface area contributed by atoms with Crippen molar-refractivity contribution >= 4 is 17.3 Å². The Balaban J connectivity index is 1.87. The normalized spacial score (nSPS) is 10.7. The molecule has 2 heterocycles. The highest BCUT2D eigenvalue weighted by molar-refractivity contribution is 7.09. The monoisotopic (exact) mass is 294 g/mol. The topological polar surface area (TPSA) is 79.9 Å². The van der Waals surface area contributed by atoms with Crippen molar-refractivity contribution in [1.29, 1.82) is 0 Å². The molecule has 108 valence electrons. The number of aromatic amines is 1. The molecule has 7 heteroatoms. The number of anilines is 1. The molecule has 0 unspecified atom stereocenters. The third-order valence-electron chi connectivity index (χ3n) is 2.65. The molecule has 0 saturated heterocycles. The highest BCUT2D eigenvalue weighted by Crippen LogP contribution is 2.11. The summed E-state index contributed by atoms with van der Waals surface area (Å²) in [6.45, 7) is 4.06. The van der Waals surface area contributed by atoms with Gasteiger partial charge in [0.2, 0.25) is 5.95 Å². The highest BCUT2D eigenvalue weighted by atomic mass is 32.1. The summed E-state index contributed by atoms with van der Waals surface area (Å²) in [4.78, 5) is 15.7. The number of nitrogens with one attached hydrogen (secondary N) is 2. The van der Waals surface area contributed by atoms with E-state index >= 15 is 0 Å². The van der Waals surface area contributed by atoms with Gasteiger partial charge < -0.3 is 10.1 Å². The van der Waals surface area contributed by atoms with Gasteiger partial charge in [-0.05, 0) is 24.8 Å². The minimum atomic E-state index is -0.194. The van der Waals surface area contributed by atoms with Crippen molar-refractivity contribution in [3.05, 3.63) is 38.4 Å². The maximum atomic E-state index is 11.9. The standard InChI is InChI=1S/C13H18N4O2S/c1-2-19-7-4-6-14-13-15-12(18)11(16-17-13)9-10-5-3-8-20-10/h3,5,8H,2,4,6-7,9H2,1H3,(H2,14,15,17,18). The van der Waals surface area contributed by atoms with E-state index in [0.717, 1.165) is 11.3 Å². The SMILES string of the molecule is CCOCCCNc1nnc(Cc2cccs2)c(=O)[nH]1. The lowest BCUT2D eigenvalue weighted by atomic mass is 10.3. The predicted molar refractivity (Wildman–Crippen MR) is 79.4 cm³/mol. The van der Waals surface area contributed by atoms with E-state index in [2.05, 4.69) is 20.5 Å². The number of H-pyrrole nitrogens is 1. The number of nitrogens with zero attached hydrogens (tertiary/aromatic N) is 2. The zero-order valence-electron chi connectivity index (χ0n) is 11.4. The van der Waals surface area contributed by atoms with Gasteiger partial charge in [-0.2, -0.15) is 0 Å². The largest absolute Gasteiger partial charge is 0.382 e. The van der Waals surface area contributed by atoms with E-state index in [-0.39, 0.29) is 5.56 Å². The molecule has 2 aromatic heterocycles. The molecule has 2 aromatic rings. The molecule has 2 rings (SSSR count). The van der Waals surface area contributed by atoms with E-state index in [1.54, 1.807) is 11.3 Å². The first-order chi connectivity index (χ1) is 9.79. The van der Waals surface area contributed by atoms with Crippen molar-refractivity contribution in [3.8, 4) is 0 Å². The van der Waals surface area contributed by atoms with Gasteiger partial charge in [0.25, 0.3) is 5.56 Å². The molecule has 0 fully saturated rings.